The molecule has 2 aliphatic carbocycles. The predicted octanol–water partition coefficient (Wildman–Crippen LogP) is 2.16. The predicted molar refractivity (Wildman–Crippen MR) is 111 cm³/mol. The van der Waals surface area contributed by atoms with E-state index in [4.69, 9.17) is 17.8 Å². The lowest BCUT2D eigenvalue weighted by Crippen LogP contribution is -2.88. The number of ether oxygens (including phenoxy) is 2. The Balaban J connectivity index is 2.05. The molecule has 2 heterocycles. The summed E-state index contributed by atoms with van der Waals surface area (Å²) in [6.07, 6.45) is -0.305. The first-order valence-corrected chi connectivity index (χ1v) is 11.7. The van der Waals surface area contributed by atoms with Crippen molar-refractivity contribution in [3.63, 3.8) is 0 Å². The Morgan fingerprint density at radius 3 is 2.52 bits per heavy atom. The zero-order valence-corrected chi connectivity index (χ0v) is 19.7. The summed E-state index contributed by atoms with van der Waals surface area (Å²) in [6.45, 7) is 14.2. The fourth-order valence-electron chi connectivity index (χ4n) is 7.20. The van der Waals surface area contributed by atoms with Crippen LogP contribution in [-0.2, 0) is 38.8 Å². The third-order valence-electron chi connectivity index (χ3n) is 8.32. The monoisotopic (exact) mass is 456 g/mol. The molecule has 2 aliphatic heterocycles. The Hall–Kier alpha value is -1.13. The molecule has 2 saturated heterocycles. The van der Waals surface area contributed by atoms with Crippen LogP contribution < -0.4 is 0 Å². The van der Waals surface area contributed by atoms with Crippen LogP contribution in [0.25, 0.3) is 0 Å². The second kappa shape index (κ2) is 6.70. The summed E-state index contributed by atoms with van der Waals surface area (Å²) >= 11 is -2.21. The molecular formula is C22H32O8S. The molecule has 0 aromatic heterocycles. The van der Waals surface area contributed by atoms with Crippen LogP contribution in [0.3, 0.4) is 0 Å². The highest BCUT2D eigenvalue weighted by Gasteiger charge is 2.84. The van der Waals surface area contributed by atoms with Crippen molar-refractivity contribution in [2.24, 2.45) is 16.7 Å². The lowest BCUT2D eigenvalue weighted by molar-refractivity contribution is -0.369. The smallest absolute Gasteiger partial charge is 0.306 e. The number of ketones is 1. The molecule has 1 spiro atoms. The van der Waals surface area contributed by atoms with Gasteiger partial charge in [0.25, 0.3) is 0 Å². The first-order valence-electron chi connectivity index (χ1n) is 10.7. The van der Waals surface area contributed by atoms with E-state index in [1.54, 1.807) is 13.8 Å². The summed E-state index contributed by atoms with van der Waals surface area (Å²) in [5, 5.41) is 11.7. The van der Waals surface area contributed by atoms with Crippen molar-refractivity contribution < 1.29 is 36.7 Å². The lowest BCUT2D eigenvalue weighted by atomic mass is 9.39. The Kier molecular flexibility index (Phi) is 4.98. The van der Waals surface area contributed by atoms with Crippen LogP contribution in [0.5, 0.6) is 0 Å². The van der Waals surface area contributed by atoms with E-state index in [1.807, 2.05) is 20.8 Å². The zero-order valence-electron chi connectivity index (χ0n) is 18.9. The van der Waals surface area contributed by atoms with Gasteiger partial charge in [0.2, 0.25) is 0 Å². The van der Waals surface area contributed by atoms with Crippen molar-refractivity contribution >= 4 is 23.1 Å². The fourth-order valence-corrected chi connectivity index (χ4v) is 8.37. The van der Waals surface area contributed by atoms with E-state index < -0.39 is 69.2 Å². The quantitative estimate of drug-likeness (QED) is 0.497. The SMILES string of the molecule is C=C[C@@]1(C)CC(=O)[C@@]23OS(=O)O[C@H]4CCC(C)(C)[C@H](C(O)C(OC(C)=O)[C@@]2(C)O1)C43C. The molecule has 0 radical (unpaired) electrons. The third-order valence-corrected chi connectivity index (χ3v) is 9.10. The Labute approximate surface area is 185 Å². The minimum Gasteiger partial charge on any atom is -0.457 e. The summed E-state index contributed by atoms with van der Waals surface area (Å²) in [4.78, 5) is 26.1. The first-order chi connectivity index (χ1) is 14.2. The van der Waals surface area contributed by atoms with Crippen LogP contribution >= 0.6 is 0 Å². The van der Waals surface area contributed by atoms with Gasteiger partial charge in [-0.15, -0.1) is 6.58 Å². The van der Waals surface area contributed by atoms with Crippen LogP contribution in [0.4, 0.5) is 0 Å². The van der Waals surface area contributed by atoms with Crippen LogP contribution in [0.15, 0.2) is 12.7 Å². The number of Topliss-reactive ketones (excluding diaryl/α,β-unsaturated/α-hetero) is 1. The van der Waals surface area contributed by atoms with Crippen molar-refractivity contribution in [2.45, 2.75) is 95.9 Å². The highest BCUT2D eigenvalue weighted by Crippen LogP contribution is 2.70. The molecule has 4 rings (SSSR count). The topological polar surface area (TPSA) is 108 Å². The van der Waals surface area contributed by atoms with Gasteiger partial charge in [0.05, 0.1) is 17.8 Å². The maximum absolute atomic E-state index is 14.0. The van der Waals surface area contributed by atoms with Crippen LogP contribution in [0.1, 0.15) is 60.8 Å². The molecule has 1 N–H and O–H groups in total. The minimum absolute atomic E-state index is 0.0539. The molecule has 0 aromatic rings. The van der Waals surface area contributed by atoms with E-state index in [0.29, 0.717) is 12.8 Å². The van der Waals surface area contributed by atoms with E-state index in [2.05, 4.69) is 6.58 Å². The fraction of sp³-hybridized carbons (Fsp3) is 0.818. The second-order valence-corrected chi connectivity index (χ2v) is 11.5. The van der Waals surface area contributed by atoms with Gasteiger partial charge in [-0.1, -0.05) is 26.8 Å². The molecule has 31 heavy (non-hydrogen) atoms. The summed E-state index contributed by atoms with van der Waals surface area (Å²) in [6, 6.07) is 0. The third kappa shape index (κ3) is 2.70. The number of carbonyl (C=O) groups excluding carboxylic acids is 2. The number of hydrogen-bond donors (Lipinski definition) is 1. The summed E-state index contributed by atoms with van der Waals surface area (Å²) < 4.78 is 36.6. The molecule has 4 unspecified atom stereocenters. The average molecular weight is 457 g/mol. The van der Waals surface area contributed by atoms with E-state index >= 15 is 0 Å². The van der Waals surface area contributed by atoms with Crippen molar-refractivity contribution in [1.82, 2.24) is 0 Å². The lowest BCUT2D eigenvalue weighted by Gasteiger charge is -2.73. The number of rotatable bonds is 2. The van der Waals surface area contributed by atoms with Crippen molar-refractivity contribution in [2.75, 3.05) is 0 Å². The highest BCUT2D eigenvalue weighted by atomic mass is 32.2. The van der Waals surface area contributed by atoms with Crippen LogP contribution in [0, 0.1) is 16.7 Å². The highest BCUT2D eigenvalue weighted by molar-refractivity contribution is 7.75. The molecule has 8 nitrogen and oxygen atoms in total. The van der Waals surface area contributed by atoms with E-state index in [1.165, 1.54) is 13.0 Å². The van der Waals surface area contributed by atoms with Crippen molar-refractivity contribution in [1.29, 1.82) is 0 Å². The maximum Gasteiger partial charge on any atom is 0.306 e. The first kappa shape index (κ1) is 23.0. The number of aliphatic hydroxyl groups excluding tert-OH is 1. The number of carbonyl (C=O) groups is 2. The standard InChI is InChI=1S/C22H32O8S/c1-8-19(5)11-13(24)22-20(6)14(28-31(26)30-22)9-10-18(3,4)16(20)15(25)17(27-12(2)23)21(22,7)29-19/h8,14-17,25H,1,9-11H2,2-7H3/t14-,15?,16-,17?,19-,20?,21+,22-,31?/m0/s1. The number of esters is 1. The van der Waals surface area contributed by atoms with Gasteiger partial charge in [0.15, 0.2) is 17.5 Å². The summed E-state index contributed by atoms with van der Waals surface area (Å²) in [5.41, 5.74) is -5.98. The molecule has 0 aromatic carbocycles. The van der Waals surface area contributed by atoms with Gasteiger partial charge in [-0.25, -0.2) is 4.18 Å². The van der Waals surface area contributed by atoms with E-state index in [9.17, 15) is 18.9 Å². The molecule has 4 aliphatic rings. The normalized spacial score (nSPS) is 53.1. The number of hydrogen-bond acceptors (Lipinski definition) is 8. The average Bonchev–Trinajstić information content (AvgIpc) is 2.63. The molecule has 2 saturated carbocycles. The number of aliphatic hydroxyl groups is 1. The van der Waals surface area contributed by atoms with Crippen molar-refractivity contribution in [3.8, 4) is 0 Å². The van der Waals surface area contributed by atoms with Gasteiger partial charge in [-0.3, -0.25) is 13.8 Å². The van der Waals surface area contributed by atoms with Crippen LogP contribution in [-0.4, -0.2) is 56.2 Å². The molecule has 174 valence electrons. The summed E-state index contributed by atoms with van der Waals surface area (Å²) in [5.74, 6) is -1.49. The Morgan fingerprint density at radius 1 is 1.29 bits per heavy atom. The second-order valence-electron chi connectivity index (χ2n) is 10.7. The Bertz CT molecular complexity index is 872. The van der Waals surface area contributed by atoms with Gasteiger partial charge in [0, 0.05) is 24.7 Å². The molecule has 9 atom stereocenters. The van der Waals surface area contributed by atoms with Gasteiger partial charge in [-0.05, 0) is 32.1 Å². The van der Waals surface area contributed by atoms with Gasteiger partial charge < -0.3 is 14.6 Å². The van der Waals surface area contributed by atoms with Gasteiger partial charge >= 0.3 is 17.3 Å². The molecule has 9 heteroatoms. The van der Waals surface area contributed by atoms with Crippen molar-refractivity contribution in [3.05, 3.63) is 12.7 Å². The zero-order chi connectivity index (χ0) is 23.2. The minimum atomic E-state index is -2.21. The largest absolute Gasteiger partial charge is 0.457 e. The molecule has 0 bridgehead atoms. The summed E-state index contributed by atoms with van der Waals surface area (Å²) in [7, 11) is 0. The Morgan fingerprint density at radius 2 is 1.94 bits per heavy atom. The maximum atomic E-state index is 14.0. The van der Waals surface area contributed by atoms with E-state index in [0.717, 1.165) is 0 Å². The molecule has 0 amide bonds. The molecule has 4 fully saturated rings. The molecular weight excluding hydrogens is 424 g/mol. The van der Waals surface area contributed by atoms with Gasteiger partial charge in [0.1, 0.15) is 5.60 Å². The van der Waals surface area contributed by atoms with E-state index in [-0.39, 0.29) is 12.2 Å². The van der Waals surface area contributed by atoms with Crippen LogP contribution in [0.2, 0.25) is 0 Å². The van der Waals surface area contributed by atoms with Gasteiger partial charge in [-0.2, -0.15) is 4.21 Å².